The summed E-state index contributed by atoms with van der Waals surface area (Å²) >= 11 is 6.17. The van der Waals surface area contributed by atoms with Crippen LogP contribution in [-0.2, 0) is 0 Å². The standard InChI is InChI=1S/C20H21ClN4O2/c1-12-7-5-6-8-15(12)24-19-11-20(23-13(2)22-19)25-16-10-17(26-3)14(21)9-18(16)27-4/h5-11H,1-4H3,(H2,22,23,24,25). The van der Waals surface area contributed by atoms with Crippen LogP contribution >= 0.6 is 11.6 Å². The zero-order valence-electron chi connectivity index (χ0n) is 15.6. The molecular formula is C20H21ClN4O2. The third-order valence-electron chi connectivity index (χ3n) is 3.98. The number of aromatic nitrogens is 2. The molecule has 0 radical (unpaired) electrons. The van der Waals surface area contributed by atoms with Gasteiger partial charge in [-0.1, -0.05) is 29.8 Å². The van der Waals surface area contributed by atoms with Crippen molar-refractivity contribution in [2.45, 2.75) is 13.8 Å². The van der Waals surface area contributed by atoms with Gasteiger partial charge in [-0.05, 0) is 25.5 Å². The summed E-state index contributed by atoms with van der Waals surface area (Å²) in [6, 6.07) is 13.3. The third-order valence-corrected chi connectivity index (χ3v) is 4.28. The lowest BCUT2D eigenvalue weighted by Crippen LogP contribution is -2.03. The van der Waals surface area contributed by atoms with E-state index in [0.717, 1.165) is 11.3 Å². The number of hydrogen-bond acceptors (Lipinski definition) is 6. The van der Waals surface area contributed by atoms with Crippen molar-refractivity contribution in [1.82, 2.24) is 9.97 Å². The first-order chi connectivity index (χ1) is 13.0. The van der Waals surface area contributed by atoms with Gasteiger partial charge >= 0.3 is 0 Å². The average molecular weight is 385 g/mol. The van der Waals surface area contributed by atoms with Gasteiger partial charge in [0.15, 0.2) is 0 Å². The predicted molar refractivity (Wildman–Crippen MR) is 109 cm³/mol. The fraction of sp³-hybridized carbons (Fsp3) is 0.200. The lowest BCUT2D eigenvalue weighted by molar-refractivity contribution is 0.405. The van der Waals surface area contributed by atoms with Gasteiger partial charge in [0.25, 0.3) is 0 Å². The van der Waals surface area contributed by atoms with E-state index in [4.69, 9.17) is 21.1 Å². The van der Waals surface area contributed by atoms with E-state index in [9.17, 15) is 0 Å². The largest absolute Gasteiger partial charge is 0.495 e. The Balaban J connectivity index is 1.92. The number of rotatable bonds is 6. The highest BCUT2D eigenvalue weighted by Crippen LogP contribution is 2.37. The number of hydrogen-bond donors (Lipinski definition) is 2. The van der Waals surface area contributed by atoms with Crippen molar-refractivity contribution in [3.8, 4) is 11.5 Å². The van der Waals surface area contributed by atoms with Gasteiger partial charge in [-0.3, -0.25) is 0 Å². The molecule has 27 heavy (non-hydrogen) atoms. The van der Waals surface area contributed by atoms with Crippen LogP contribution in [0.4, 0.5) is 23.0 Å². The van der Waals surface area contributed by atoms with Crippen LogP contribution in [0.15, 0.2) is 42.5 Å². The molecule has 0 unspecified atom stereocenters. The Morgan fingerprint density at radius 3 is 2.07 bits per heavy atom. The Kier molecular flexibility index (Phi) is 5.66. The minimum Gasteiger partial charge on any atom is -0.495 e. The van der Waals surface area contributed by atoms with Gasteiger partial charge in [0.2, 0.25) is 0 Å². The van der Waals surface area contributed by atoms with E-state index < -0.39 is 0 Å². The van der Waals surface area contributed by atoms with Crippen molar-refractivity contribution in [3.05, 3.63) is 58.9 Å². The molecule has 2 N–H and O–H groups in total. The minimum atomic E-state index is 0.473. The van der Waals surface area contributed by atoms with Crippen LogP contribution in [-0.4, -0.2) is 24.2 Å². The molecule has 0 aliphatic rings. The molecule has 1 aromatic heterocycles. The number of anilines is 4. The molecule has 0 amide bonds. The van der Waals surface area contributed by atoms with Crippen LogP contribution in [0.2, 0.25) is 5.02 Å². The smallest absolute Gasteiger partial charge is 0.144 e. The molecule has 6 nitrogen and oxygen atoms in total. The van der Waals surface area contributed by atoms with Crippen LogP contribution in [0.5, 0.6) is 11.5 Å². The van der Waals surface area contributed by atoms with Crippen LogP contribution in [0.25, 0.3) is 0 Å². The molecule has 3 rings (SSSR count). The van der Waals surface area contributed by atoms with Crippen LogP contribution in [0.3, 0.4) is 0 Å². The molecular weight excluding hydrogens is 364 g/mol. The van der Waals surface area contributed by atoms with Gasteiger partial charge in [0, 0.05) is 23.9 Å². The van der Waals surface area contributed by atoms with Crippen molar-refractivity contribution < 1.29 is 9.47 Å². The zero-order valence-corrected chi connectivity index (χ0v) is 16.4. The van der Waals surface area contributed by atoms with Gasteiger partial charge in [-0.2, -0.15) is 0 Å². The maximum Gasteiger partial charge on any atom is 0.144 e. The first-order valence-electron chi connectivity index (χ1n) is 8.37. The van der Waals surface area contributed by atoms with Gasteiger partial charge in [-0.15, -0.1) is 0 Å². The quantitative estimate of drug-likeness (QED) is 0.604. The average Bonchev–Trinajstić information content (AvgIpc) is 2.64. The fourth-order valence-corrected chi connectivity index (χ4v) is 2.87. The second kappa shape index (κ2) is 8.14. The summed E-state index contributed by atoms with van der Waals surface area (Å²) in [7, 11) is 3.15. The Hall–Kier alpha value is -2.99. The molecule has 0 bridgehead atoms. The Bertz CT molecular complexity index is 963. The van der Waals surface area contributed by atoms with E-state index in [1.807, 2.05) is 44.2 Å². The molecule has 140 valence electrons. The molecule has 1 heterocycles. The molecule has 0 aliphatic carbocycles. The number of aryl methyl sites for hydroxylation is 2. The summed E-state index contributed by atoms with van der Waals surface area (Å²) in [5, 5.41) is 7.06. The SMILES string of the molecule is COc1cc(Nc2cc(Nc3ccccc3C)nc(C)n2)c(OC)cc1Cl. The number of ether oxygens (including phenoxy) is 2. The molecule has 3 aromatic rings. The van der Waals surface area contributed by atoms with Crippen molar-refractivity contribution in [2.75, 3.05) is 24.9 Å². The summed E-state index contributed by atoms with van der Waals surface area (Å²) < 4.78 is 10.7. The van der Waals surface area contributed by atoms with Crippen molar-refractivity contribution in [1.29, 1.82) is 0 Å². The van der Waals surface area contributed by atoms with Crippen molar-refractivity contribution in [2.24, 2.45) is 0 Å². The zero-order chi connectivity index (χ0) is 19.4. The Morgan fingerprint density at radius 1 is 0.815 bits per heavy atom. The molecule has 0 saturated heterocycles. The van der Waals surface area contributed by atoms with E-state index in [2.05, 4.69) is 20.6 Å². The van der Waals surface area contributed by atoms with Crippen molar-refractivity contribution >= 4 is 34.6 Å². The molecule has 0 saturated carbocycles. The Labute approximate surface area is 163 Å². The molecule has 0 atom stereocenters. The number of para-hydroxylation sites is 1. The van der Waals surface area contributed by atoms with Gasteiger partial charge in [0.05, 0.1) is 24.9 Å². The highest BCUT2D eigenvalue weighted by Gasteiger charge is 2.12. The molecule has 0 fully saturated rings. The lowest BCUT2D eigenvalue weighted by Gasteiger charge is -2.15. The molecule has 7 heteroatoms. The summed E-state index contributed by atoms with van der Waals surface area (Å²) in [4.78, 5) is 8.92. The van der Waals surface area contributed by atoms with Gasteiger partial charge < -0.3 is 20.1 Å². The number of nitrogens with zero attached hydrogens (tertiary/aromatic N) is 2. The predicted octanol–water partition coefficient (Wildman–Crippen LogP) is 5.25. The first-order valence-corrected chi connectivity index (χ1v) is 8.75. The topological polar surface area (TPSA) is 68.3 Å². The van der Waals surface area contributed by atoms with Crippen LogP contribution in [0, 0.1) is 13.8 Å². The minimum absolute atomic E-state index is 0.473. The highest BCUT2D eigenvalue weighted by atomic mass is 35.5. The monoisotopic (exact) mass is 384 g/mol. The van der Waals surface area contributed by atoms with E-state index in [1.165, 1.54) is 0 Å². The van der Waals surface area contributed by atoms with E-state index >= 15 is 0 Å². The number of nitrogens with one attached hydrogen (secondary N) is 2. The normalized spacial score (nSPS) is 10.4. The van der Waals surface area contributed by atoms with Crippen molar-refractivity contribution in [3.63, 3.8) is 0 Å². The fourth-order valence-electron chi connectivity index (χ4n) is 2.64. The maximum atomic E-state index is 6.17. The Morgan fingerprint density at radius 2 is 1.44 bits per heavy atom. The number of benzene rings is 2. The first kappa shape index (κ1) is 18.8. The molecule has 0 spiro atoms. The van der Waals surface area contributed by atoms with Crippen LogP contribution in [0.1, 0.15) is 11.4 Å². The summed E-state index contributed by atoms with van der Waals surface area (Å²) in [5.74, 6) is 3.09. The summed E-state index contributed by atoms with van der Waals surface area (Å²) in [6.45, 7) is 3.88. The molecule has 0 aliphatic heterocycles. The maximum absolute atomic E-state index is 6.17. The van der Waals surface area contributed by atoms with Crippen LogP contribution < -0.4 is 20.1 Å². The van der Waals surface area contributed by atoms with Gasteiger partial charge in [-0.25, -0.2) is 9.97 Å². The second-order valence-electron chi connectivity index (χ2n) is 5.94. The number of methoxy groups -OCH3 is 2. The molecule has 2 aromatic carbocycles. The second-order valence-corrected chi connectivity index (χ2v) is 6.34. The van der Waals surface area contributed by atoms with Gasteiger partial charge in [0.1, 0.15) is 29.0 Å². The summed E-state index contributed by atoms with van der Waals surface area (Å²) in [5.41, 5.74) is 2.82. The number of halogens is 1. The summed E-state index contributed by atoms with van der Waals surface area (Å²) in [6.07, 6.45) is 0. The highest BCUT2D eigenvalue weighted by molar-refractivity contribution is 6.32. The third kappa shape index (κ3) is 4.41. The van der Waals surface area contributed by atoms with E-state index in [1.54, 1.807) is 26.4 Å². The van der Waals surface area contributed by atoms with E-state index in [-0.39, 0.29) is 0 Å². The lowest BCUT2D eigenvalue weighted by atomic mass is 10.2. The van der Waals surface area contributed by atoms with E-state index in [0.29, 0.717) is 39.7 Å².